The number of pyridine rings is 1. The van der Waals surface area contributed by atoms with Crippen LogP contribution < -0.4 is 4.74 Å². The van der Waals surface area contributed by atoms with E-state index in [1.165, 1.54) is 5.57 Å². The van der Waals surface area contributed by atoms with Crippen molar-refractivity contribution in [2.45, 2.75) is 20.3 Å². The molecule has 0 fully saturated rings. The molecule has 1 heterocycles. The number of hydrogen-bond donors (Lipinski definition) is 0. The van der Waals surface area contributed by atoms with E-state index in [0.717, 1.165) is 16.5 Å². The summed E-state index contributed by atoms with van der Waals surface area (Å²) < 4.78 is 6.15. The molecular weight excluding hydrogens is 242 g/mol. The van der Waals surface area contributed by atoms with Gasteiger partial charge in [-0.15, -0.1) is 0 Å². The normalized spacial score (nSPS) is 9.71. The highest BCUT2D eigenvalue weighted by Crippen LogP contribution is 2.20. The second kappa shape index (κ2) is 5.15. The molecule has 1 aromatic heterocycles. The monoisotopic (exact) mass is 255 g/mol. The van der Waals surface area contributed by atoms with Gasteiger partial charge in [-0.1, -0.05) is 11.6 Å². The molecule has 1 aromatic rings. The molecule has 0 radical (unpaired) electrons. The number of halogens is 1. The summed E-state index contributed by atoms with van der Waals surface area (Å²) in [5.41, 5.74) is 2.40. The van der Waals surface area contributed by atoms with E-state index in [0.29, 0.717) is 5.88 Å². The minimum Gasteiger partial charge on any atom is -0.481 e. The van der Waals surface area contributed by atoms with Gasteiger partial charge in [0, 0.05) is 16.2 Å². The second-order valence-electron chi connectivity index (χ2n) is 3.31. The molecule has 0 atom stereocenters. The average Bonchev–Trinajstić information content (AvgIpc) is 2.15. The molecule has 0 aliphatic carbocycles. The molecule has 0 saturated carbocycles. The number of rotatable bonds is 3. The average molecular weight is 256 g/mol. The maximum atomic E-state index is 5.17. The molecule has 76 valence electrons. The summed E-state index contributed by atoms with van der Waals surface area (Å²) in [6.07, 6.45) is 4.76. The van der Waals surface area contributed by atoms with E-state index < -0.39 is 0 Å². The lowest BCUT2D eigenvalue weighted by atomic mass is 10.1. The lowest BCUT2D eigenvalue weighted by Crippen LogP contribution is -1.94. The Morgan fingerprint density at radius 3 is 2.86 bits per heavy atom. The molecule has 0 aliphatic rings. The van der Waals surface area contributed by atoms with Crippen LogP contribution in [0.5, 0.6) is 5.88 Å². The maximum Gasteiger partial charge on any atom is 0.216 e. The Hall–Kier alpha value is -0.830. The largest absolute Gasteiger partial charge is 0.481 e. The smallest absolute Gasteiger partial charge is 0.216 e. The standard InChI is InChI=1S/C11H14BrNO/c1-8(2)4-5-9-6-10(12)7-13-11(9)14-3/h4,6-7H,5H2,1-3H3. The molecule has 1 rings (SSSR count). The van der Waals surface area contributed by atoms with E-state index >= 15 is 0 Å². The zero-order chi connectivity index (χ0) is 10.6. The number of hydrogen-bond acceptors (Lipinski definition) is 2. The van der Waals surface area contributed by atoms with E-state index in [1.54, 1.807) is 13.3 Å². The minimum atomic E-state index is 0.700. The summed E-state index contributed by atoms with van der Waals surface area (Å²) in [6, 6.07) is 2.03. The van der Waals surface area contributed by atoms with Crippen molar-refractivity contribution in [3.05, 3.63) is 33.9 Å². The van der Waals surface area contributed by atoms with Gasteiger partial charge in [-0.05, 0) is 42.3 Å². The Kier molecular flexibility index (Phi) is 4.14. The van der Waals surface area contributed by atoms with Gasteiger partial charge in [-0.3, -0.25) is 0 Å². The Morgan fingerprint density at radius 1 is 1.57 bits per heavy atom. The molecule has 0 bridgehead atoms. The van der Waals surface area contributed by atoms with Crippen molar-refractivity contribution in [2.75, 3.05) is 7.11 Å². The highest BCUT2D eigenvalue weighted by Gasteiger charge is 2.03. The van der Waals surface area contributed by atoms with Crippen LogP contribution in [0.1, 0.15) is 19.4 Å². The van der Waals surface area contributed by atoms with Gasteiger partial charge >= 0.3 is 0 Å². The Labute approximate surface area is 93.1 Å². The topological polar surface area (TPSA) is 22.1 Å². The first-order valence-corrected chi connectivity index (χ1v) is 5.24. The zero-order valence-electron chi connectivity index (χ0n) is 8.67. The van der Waals surface area contributed by atoms with Crippen LogP contribution in [-0.4, -0.2) is 12.1 Å². The zero-order valence-corrected chi connectivity index (χ0v) is 10.3. The fourth-order valence-corrected chi connectivity index (χ4v) is 1.49. The predicted molar refractivity (Wildman–Crippen MR) is 61.6 cm³/mol. The molecule has 0 N–H and O–H groups in total. The molecule has 0 unspecified atom stereocenters. The van der Waals surface area contributed by atoms with Crippen LogP contribution in [-0.2, 0) is 6.42 Å². The van der Waals surface area contributed by atoms with Gasteiger partial charge in [0.2, 0.25) is 5.88 Å². The van der Waals surface area contributed by atoms with Crippen molar-refractivity contribution in [3.63, 3.8) is 0 Å². The van der Waals surface area contributed by atoms with Gasteiger partial charge in [0.05, 0.1) is 7.11 Å². The SMILES string of the molecule is COc1ncc(Br)cc1CC=C(C)C. The van der Waals surface area contributed by atoms with E-state index in [1.807, 2.05) is 6.07 Å². The lowest BCUT2D eigenvalue weighted by Gasteiger charge is -2.05. The molecule has 0 aliphatic heterocycles. The van der Waals surface area contributed by atoms with Crippen LogP contribution in [0.2, 0.25) is 0 Å². The molecule has 3 heteroatoms. The van der Waals surface area contributed by atoms with Gasteiger partial charge in [0.1, 0.15) is 0 Å². The summed E-state index contributed by atoms with van der Waals surface area (Å²) in [7, 11) is 1.64. The number of aromatic nitrogens is 1. The number of ether oxygens (including phenoxy) is 1. The molecule has 0 amide bonds. The summed E-state index contributed by atoms with van der Waals surface area (Å²) in [5.74, 6) is 0.700. The van der Waals surface area contributed by atoms with Gasteiger partial charge in [0.15, 0.2) is 0 Å². The van der Waals surface area contributed by atoms with Gasteiger partial charge in [0.25, 0.3) is 0 Å². The quantitative estimate of drug-likeness (QED) is 0.773. The number of nitrogens with zero attached hydrogens (tertiary/aromatic N) is 1. The minimum absolute atomic E-state index is 0.700. The van der Waals surface area contributed by atoms with Crippen molar-refractivity contribution in [1.29, 1.82) is 0 Å². The van der Waals surface area contributed by atoms with Crippen LogP contribution in [0.3, 0.4) is 0 Å². The highest BCUT2D eigenvalue weighted by molar-refractivity contribution is 9.10. The van der Waals surface area contributed by atoms with E-state index in [4.69, 9.17) is 4.74 Å². The summed E-state index contributed by atoms with van der Waals surface area (Å²) >= 11 is 3.39. The van der Waals surface area contributed by atoms with Crippen LogP contribution in [0.4, 0.5) is 0 Å². The summed E-state index contributed by atoms with van der Waals surface area (Å²) in [5, 5.41) is 0. The Morgan fingerprint density at radius 2 is 2.29 bits per heavy atom. The fraction of sp³-hybridized carbons (Fsp3) is 0.364. The van der Waals surface area contributed by atoms with E-state index in [-0.39, 0.29) is 0 Å². The van der Waals surface area contributed by atoms with Crippen molar-refractivity contribution >= 4 is 15.9 Å². The van der Waals surface area contributed by atoms with Gasteiger partial charge in [-0.2, -0.15) is 0 Å². The molecule has 14 heavy (non-hydrogen) atoms. The molecule has 0 aromatic carbocycles. The third kappa shape index (κ3) is 3.14. The van der Waals surface area contributed by atoms with Crippen LogP contribution >= 0.6 is 15.9 Å². The van der Waals surface area contributed by atoms with Crippen molar-refractivity contribution in [3.8, 4) is 5.88 Å². The molecule has 0 saturated heterocycles. The Balaban J connectivity index is 2.93. The van der Waals surface area contributed by atoms with Crippen LogP contribution in [0.25, 0.3) is 0 Å². The van der Waals surface area contributed by atoms with Crippen molar-refractivity contribution in [2.24, 2.45) is 0 Å². The second-order valence-corrected chi connectivity index (χ2v) is 4.22. The first-order valence-electron chi connectivity index (χ1n) is 4.45. The third-order valence-corrected chi connectivity index (χ3v) is 2.25. The first kappa shape index (κ1) is 11.2. The summed E-state index contributed by atoms with van der Waals surface area (Å²) in [6.45, 7) is 4.16. The van der Waals surface area contributed by atoms with Gasteiger partial charge < -0.3 is 4.74 Å². The molecule has 2 nitrogen and oxygen atoms in total. The third-order valence-electron chi connectivity index (χ3n) is 1.82. The van der Waals surface area contributed by atoms with Gasteiger partial charge in [-0.25, -0.2) is 4.98 Å². The van der Waals surface area contributed by atoms with Crippen molar-refractivity contribution in [1.82, 2.24) is 4.98 Å². The van der Waals surface area contributed by atoms with E-state index in [2.05, 4.69) is 40.8 Å². The molecule has 0 spiro atoms. The summed E-state index contributed by atoms with van der Waals surface area (Å²) in [4.78, 5) is 4.18. The number of allylic oxidation sites excluding steroid dienone is 2. The van der Waals surface area contributed by atoms with E-state index in [9.17, 15) is 0 Å². The maximum absolute atomic E-state index is 5.17. The lowest BCUT2D eigenvalue weighted by molar-refractivity contribution is 0.393. The fourth-order valence-electron chi connectivity index (χ4n) is 1.11. The highest BCUT2D eigenvalue weighted by atomic mass is 79.9. The van der Waals surface area contributed by atoms with Crippen LogP contribution in [0.15, 0.2) is 28.4 Å². The molecular formula is C11H14BrNO. The Bertz CT molecular complexity index is 343. The van der Waals surface area contributed by atoms with Crippen molar-refractivity contribution < 1.29 is 4.74 Å². The predicted octanol–water partition coefficient (Wildman–Crippen LogP) is 3.36. The van der Waals surface area contributed by atoms with Crippen LogP contribution in [0, 0.1) is 0 Å². The first-order chi connectivity index (χ1) is 6.63. The number of methoxy groups -OCH3 is 1.